The summed E-state index contributed by atoms with van der Waals surface area (Å²) in [5, 5.41) is 0. The zero-order valence-corrected chi connectivity index (χ0v) is 15.1. The third-order valence-electron chi connectivity index (χ3n) is 5.52. The van der Waals surface area contributed by atoms with Gasteiger partial charge in [0.1, 0.15) is 0 Å². The molecule has 2 fully saturated rings. The van der Waals surface area contributed by atoms with Gasteiger partial charge in [-0.15, -0.1) is 0 Å². The van der Waals surface area contributed by atoms with Gasteiger partial charge in [-0.3, -0.25) is 14.5 Å². The Morgan fingerprint density at radius 1 is 1.00 bits per heavy atom. The Morgan fingerprint density at radius 3 is 2.43 bits per heavy atom. The van der Waals surface area contributed by atoms with Gasteiger partial charge in [0.05, 0.1) is 6.54 Å². The van der Waals surface area contributed by atoms with Crippen LogP contribution in [0.1, 0.15) is 45.4 Å². The monoisotopic (exact) mass is 323 g/mol. The van der Waals surface area contributed by atoms with E-state index in [-0.39, 0.29) is 5.91 Å². The number of hydrogen-bond donors (Lipinski definition) is 0. The van der Waals surface area contributed by atoms with Crippen molar-refractivity contribution in [1.82, 2.24) is 14.7 Å². The molecule has 0 spiro atoms. The van der Waals surface area contributed by atoms with E-state index in [2.05, 4.69) is 11.8 Å². The molecular formula is C18H33N3O2. The summed E-state index contributed by atoms with van der Waals surface area (Å²) in [7, 11) is 3.59. The first-order valence-corrected chi connectivity index (χ1v) is 9.17. The summed E-state index contributed by atoms with van der Waals surface area (Å²) in [6.07, 6.45) is 6.78. The minimum atomic E-state index is 0.140. The molecule has 0 aromatic rings. The van der Waals surface area contributed by atoms with E-state index in [0.717, 1.165) is 39.0 Å². The maximum Gasteiger partial charge on any atom is 0.236 e. The van der Waals surface area contributed by atoms with Gasteiger partial charge in [0.2, 0.25) is 11.8 Å². The van der Waals surface area contributed by atoms with E-state index >= 15 is 0 Å². The Kier molecular flexibility index (Phi) is 6.88. The molecule has 0 radical (unpaired) electrons. The van der Waals surface area contributed by atoms with Gasteiger partial charge in [0.25, 0.3) is 0 Å². The molecule has 5 nitrogen and oxygen atoms in total. The molecule has 2 amide bonds. The predicted octanol–water partition coefficient (Wildman–Crippen LogP) is 1.83. The molecule has 0 N–H and O–H groups in total. The molecule has 23 heavy (non-hydrogen) atoms. The molecule has 2 aliphatic rings. The van der Waals surface area contributed by atoms with Crippen LogP contribution in [0.15, 0.2) is 0 Å². The van der Waals surface area contributed by atoms with Crippen molar-refractivity contribution in [3.05, 3.63) is 0 Å². The molecule has 1 heterocycles. The zero-order valence-electron chi connectivity index (χ0n) is 15.1. The van der Waals surface area contributed by atoms with E-state index in [1.54, 1.807) is 19.0 Å². The quantitative estimate of drug-likeness (QED) is 0.793. The van der Waals surface area contributed by atoms with Crippen LogP contribution in [0.5, 0.6) is 0 Å². The third kappa shape index (κ3) is 5.48. The Morgan fingerprint density at radius 2 is 1.74 bits per heavy atom. The number of carbonyl (C=O) groups excluding carboxylic acids is 2. The van der Waals surface area contributed by atoms with Gasteiger partial charge in [0, 0.05) is 46.7 Å². The van der Waals surface area contributed by atoms with Crippen molar-refractivity contribution >= 4 is 11.8 Å². The number of rotatable bonds is 4. The smallest absolute Gasteiger partial charge is 0.236 e. The number of likely N-dealkylation sites (N-methyl/N-ethyl adjacent to an activating group) is 1. The topological polar surface area (TPSA) is 43.9 Å². The van der Waals surface area contributed by atoms with Crippen molar-refractivity contribution in [3.63, 3.8) is 0 Å². The second kappa shape index (κ2) is 8.67. The molecule has 0 bridgehead atoms. The second-order valence-corrected chi connectivity index (χ2v) is 7.52. The van der Waals surface area contributed by atoms with Crippen molar-refractivity contribution in [2.75, 3.05) is 46.8 Å². The zero-order chi connectivity index (χ0) is 16.8. The summed E-state index contributed by atoms with van der Waals surface area (Å²) in [6, 6.07) is 0. The lowest BCUT2D eigenvalue weighted by molar-refractivity contribution is -0.132. The fourth-order valence-corrected chi connectivity index (χ4v) is 3.76. The van der Waals surface area contributed by atoms with Crippen LogP contribution in [0.2, 0.25) is 0 Å². The molecule has 5 heteroatoms. The van der Waals surface area contributed by atoms with Gasteiger partial charge < -0.3 is 9.80 Å². The Balaban J connectivity index is 1.80. The molecule has 1 saturated carbocycles. The van der Waals surface area contributed by atoms with Gasteiger partial charge in [-0.05, 0) is 24.7 Å². The van der Waals surface area contributed by atoms with Crippen LogP contribution < -0.4 is 0 Å². The number of hydrogen-bond acceptors (Lipinski definition) is 3. The molecule has 1 aliphatic carbocycles. The third-order valence-corrected chi connectivity index (χ3v) is 5.52. The van der Waals surface area contributed by atoms with E-state index in [0.29, 0.717) is 24.3 Å². The highest BCUT2D eigenvalue weighted by atomic mass is 16.2. The van der Waals surface area contributed by atoms with E-state index in [1.807, 2.05) is 4.90 Å². The van der Waals surface area contributed by atoms with Crippen molar-refractivity contribution < 1.29 is 9.59 Å². The Labute approximate surface area is 141 Å². The normalized spacial score (nSPS) is 26.7. The van der Waals surface area contributed by atoms with E-state index in [9.17, 15) is 9.59 Å². The number of nitrogens with zero attached hydrogens (tertiary/aromatic N) is 3. The van der Waals surface area contributed by atoms with Crippen LogP contribution in [0, 0.1) is 11.8 Å². The average Bonchev–Trinajstić information content (AvgIpc) is 2.75. The van der Waals surface area contributed by atoms with Crippen LogP contribution in [0.25, 0.3) is 0 Å². The van der Waals surface area contributed by atoms with Crippen LogP contribution in [-0.4, -0.2) is 73.3 Å². The van der Waals surface area contributed by atoms with E-state index in [1.165, 1.54) is 25.7 Å². The lowest BCUT2D eigenvalue weighted by Crippen LogP contribution is -2.40. The van der Waals surface area contributed by atoms with Crippen LogP contribution in [0.3, 0.4) is 0 Å². The minimum absolute atomic E-state index is 0.140. The second-order valence-electron chi connectivity index (χ2n) is 7.52. The van der Waals surface area contributed by atoms with E-state index < -0.39 is 0 Å². The van der Waals surface area contributed by atoms with Crippen LogP contribution >= 0.6 is 0 Å². The summed E-state index contributed by atoms with van der Waals surface area (Å²) < 4.78 is 0. The van der Waals surface area contributed by atoms with Gasteiger partial charge in [-0.1, -0.05) is 26.2 Å². The lowest BCUT2D eigenvalue weighted by atomic mass is 9.78. The SMILES string of the molecule is CC1CCCCC1CC(=O)N1CCCN(CC(=O)N(C)C)CC1. The summed E-state index contributed by atoms with van der Waals surface area (Å²) in [5.41, 5.74) is 0. The highest BCUT2D eigenvalue weighted by Gasteiger charge is 2.27. The molecule has 2 unspecified atom stereocenters. The maximum absolute atomic E-state index is 12.6. The van der Waals surface area contributed by atoms with Gasteiger partial charge in [-0.2, -0.15) is 0 Å². The molecule has 2 rings (SSSR count). The summed E-state index contributed by atoms with van der Waals surface area (Å²) in [6.45, 7) is 6.09. The highest BCUT2D eigenvalue weighted by molar-refractivity contribution is 5.78. The van der Waals surface area contributed by atoms with Gasteiger partial charge in [-0.25, -0.2) is 0 Å². The fourth-order valence-electron chi connectivity index (χ4n) is 3.76. The molecule has 2 atom stereocenters. The molecular weight excluding hydrogens is 290 g/mol. The summed E-state index contributed by atoms with van der Waals surface area (Å²) >= 11 is 0. The number of amides is 2. The summed E-state index contributed by atoms with van der Waals surface area (Å²) in [4.78, 5) is 30.3. The Hall–Kier alpha value is -1.10. The van der Waals surface area contributed by atoms with Crippen molar-refractivity contribution in [2.45, 2.75) is 45.4 Å². The first-order chi connectivity index (χ1) is 11.0. The van der Waals surface area contributed by atoms with Gasteiger partial charge in [0.15, 0.2) is 0 Å². The molecule has 1 saturated heterocycles. The van der Waals surface area contributed by atoms with Crippen molar-refractivity contribution in [3.8, 4) is 0 Å². The largest absolute Gasteiger partial charge is 0.348 e. The minimum Gasteiger partial charge on any atom is -0.348 e. The van der Waals surface area contributed by atoms with Crippen LogP contribution in [-0.2, 0) is 9.59 Å². The first kappa shape index (κ1) is 18.2. The molecule has 0 aromatic heterocycles. The fraction of sp³-hybridized carbons (Fsp3) is 0.889. The standard InChI is InChI=1S/C18H33N3O2/c1-15-7-4-5-8-16(15)13-17(22)21-10-6-9-20(11-12-21)14-18(23)19(2)3/h15-16H,4-14H2,1-3H3. The molecule has 1 aliphatic heterocycles. The average molecular weight is 323 g/mol. The lowest BCUT2D eigenvalue weighted by Gasteiger charge is -2.30. The molecule has 132 valence electrons. The van der Waals surface area contributed by atoms with Crippen molar-refractivity contribution in [2.24, 2.45) is 11.8 Å². The predicted molar refractivity (Wildman–Crippen MR) is 92.1 cm³/mol. The summed E-state index contributed by atoms with van der Waals surface area (Å²) in [5.74, 6) is 1.73. The highest BCUT2D eigenvalue weighted by Crippen LogP contribution is 2.32. The maximum atomic E-state index is 12.6. The first-order valence-electron chi connectivity index (χ1n) is 9.17. The molecule has 0 aromatic carbocycles. The Bertz CT molecular complexity index is 411. The van der Waals surface area contributed by atoms with Crippen molar-refractivity contribution in [1.29, 1.82) is 0 Å². The number of carbonyl (C=O) groups is 2. The van der Waals surface area contributed by atoms with Gasteiger partial charge >= 0.3 is 0 Å². The van der Waals surface area contributed by atoms with Crippen LogP contribution in [0.4, 0.5) is 0 Å². The van der Waals surface area contributed by atoms with E-state index in [4.69, 9.17) is 0 Å².